The van der Waals surface area contributed by atoms with Crippen LogP contribution in [0.1, 0.15) is 23.4 Å². The van der Waals surface area contributed by atoms with Gasteiger partial charge in [-0.3, -0.25) is 9.59 Å². The number of carbonyl (C=O) groups excluding carboxylic acids is 2. The summed E-state index contributed by atoms with van der Waals surface area (Å²) in [6.07, 6.45) is 2.36. The Morgan fingerprint density at radius 1 is 0.964 bits per heavy atom. The van der Waals surface area contributed by atoms with E-state index >= 15 is 0 Å². The number of carbonyl (C=O) groups is 2. The fraction of sp³-hybridized carbons (Fsp3) is 0.143. The van der Waals surface area contributed by atoms with Crippen LogP contribution in [0.3, 0.4) is 0 Å². The smallest absolute Gasteiger partial charge is 0.291 e. The number of halogens is 1. The zero-order valence-corrected chi connectivity index (χ0v) is 16.6. The minimum Gasteiger partial charge on any atom is -0.494 e. The first-order valence-electron chi connectivity index (χ1n) is 8.73. The molecule has 0 atom stereocenters. The van der Waals surface area contributed by atoms with E-state index in [1.165, 1.54) is 6.26 Å². The second kappa shape index (κ2) is 9.75. The summed E-state index contributed by atoms with van der Waals surface area (Å²) in [5.41, 5.74) is 1.17. The molecule has 2 amide bonds. The summed E-state index contributed by atoms with van der Waals surface area (Å²) in [5, 5.41) is 5.55. The molecule has 6 nitrogen and oxygen atoms in total. The first-order valence-corrected chi connectivity index (χ1v) is 9.52. The van der Waals surface area contributed by atoms with Crippen LogP contribution in [0, 0.1) is 0 Å². The summed E-state index contributed by atoms with van der Waals surface area (Å²) in [6, 6.07) is 17.7. The zero-order chi connectivity index (χ0) is 19.8. The summed E-state index contributed by atoms with van der Waals surface area (Å²) >= 11 is 3.39. The SMILES string of the molecule is O=C(CCCOc1cccc(Br)c1)Nc1cccc(NC(=O)c2ccco2)c1. The van der Waals surface area contributed by atoms with Gasteiger partial charge in [0.1, 0.15) is 5.75 Å². The third-order valence-corrected chi connectivity index (χ3v) is 4.26. The molecule has 0 bridgehead atoms. The highest BCUT2D eigenvalue weighted by molar-refractivity contribution is 9.10. The lowest BCUT2D eigenvalue weighted by atomic mass is 10.2. The van der Waals surface area contributed by atoms with Crippen LogP contribution in [-0.4, -0.2) is 18.4 Å². The molecule has 0 saturated heterocycles. The van der Waals surface area contributed by atoms with Gasteiger partial charge in [0.15, 0.2) is 5.76 Å². The van der Waals surface area contributed by atoms with Gasteiger partial charge in [0.05, 0.1) is 12.9 Å². The Hall–Kier alpha value is -3.06. The topological polar surface area (TPSA) is 80.6 Å². The largest absolute Gasteiger partial charge is 0.494 e. The maximum absolute atomic E-state index is 12.1. The fourth-order valence-corrected chi connectivity index (χ4v) is 2.86. The summed E-state index contributed by atoms with van der Waals surface area (Å²) in [5.74, 6) is 0.514. The van der Waals surface area contributed by atoms with Gasteiger partial charge in [0, 0.05) is 22.3 Å². The van der Waals surface area contributed by atoms with E-state index in [4.69, 9.17) is 9.15 Å². The van der Waals surface area contributed by atoms with Gasteiger partial charge in [-0.2, -0.15) is 0 Å². The van der Waals surface area contributed by atoms with E-state index in [0.29, 0.717) is 30.8 Å². The van der Waals surface area contributed by atoms with Crippen LogP contribution in [0.2, 0.25) is 0 Å². The Bertz CT molecular complexity index is 941. The summed E-state index contributed by atoms with van der Waals surface area (Å²) in [4.78, 5) is 24.1. The van der Waals surface area contributed by atoms with Crippen molar-refractivity contribution in [1.29, 1.82) is 0 Å². The zero-order valence-electron chi connectivity index (χ0n) is 15.0. The summed E-state index contributed by atoms with van der Waals surface area (Å²) in [6.45, 7) is 0.448. The molecule has 0 radical (unpaired) electrons. The molecule has 28 heavy (non-hydrogen) atoms. The third-order valence-electron chi connectivity index (χ3n) is 3.76. The van der Waals surface area contributed by atoms with Crippen molar-refractivity contribution in [1.82, 2.24) is 0 Å². The maximum atomic E-state index is 12.1. The van der Waals surface area contributed by atoms with Gasteiger partial charge in [-0.25, -0.2) is 0 Å². The lowest BCUT2D eigenvalue weighted by Gasteiger charge is -2.09. The molecule has 0 unspecified atom stereocenters. The van der Waals surface area contributed by atoms with Crippen LogP contribution in [0.4, 0.5) is 11.4 Å². The Morgan fingerprint density at radius 3 is 2.50 bits per heavy atom. The lowest BCUT2D eigenvalue weighted by molar-refractivity contribution is -0.116. The number of ether oxygens (including phenoxy) is 1. The Labute approximate surface area is 171 Å². The van der Waals surface area contributed by atoms with E-state index in [1.807, 2.05) is 24.3 Å². The highest BCUT2D eigenvalue weighted by Gasteiger charge is 2.09. The molecule has 0 aliphatic heterocycles. The molecule has 0 fully saturated rings. The normalized spacial score (nSPS) is 10.3. The first kappa shape index (κ1) is 19.7. The van der Waals surface area contributed by atoms with E-state index < -0.39 is 0 Å². The van der Waals surface area contributed by atoms with E-state index in [1.54, 1.807) is 36.4 Å². The van der Waals surface area contributed by atoms with Crippen molar-refractivity contribution in [3.05, 3.63) is 77.2 Å². The monoisotopic (exact) mass is 442 g/mol. The van der Waals surface area contributed by atoms with Gasteiger partial charge in [-0.05, 0) is 55.0 Å². The molecule has 0 aliphatic carbocycles. The van der Waals surface area contributed by atoms with Crippen LogP contribution < -0.4 is 15.4 Å². The first-order chi connectivity index (χ1) is 13.6. The molecule has 3 aromatic rings. The molecule has 7 heteroatoms. The van der Waals surface area contributed by atoms with E-state index in [0.717, 1.165) is 10.2 Å². The van der Waals surface area contributed by atoms with Gasteiger partial charge in [-0.15, -0.1) is 0 Å². The Morgan fingerprint density at radius 2 is 1.75 bits per heavy atom. The molecule has 2 N–H and O–H groups in total. The Balaban J connectivity index is 1.44. The number of amides is 2. The number of furan rings is 1. The van der Waals surface area contributed by atoms with Crippen molar-refractivity contribution in [3.8, 4) is 5.75 Å². The van der Waals surface area contributed by atoms with Crippen molar-refractivity contribution >= 4 is 39.1 Å². The highest BCUT2D eigenvalue weighted by Crippen LogP contribution is 2.19. The third kappa shape index (κ3) is 5.99. The highest BCUT2D eigenvalue weighted by atomic mass is 79.9. The van der Waals surface area contributed by atoms with E-state index in [-0.39, 0.29) is 17.6 Å². The van der Waals surface area contributed by atoms with Crippen LogP contribution in [0.25, 0.3) is 0 Å². The second-order valence-corrected chi connectivity index (χ2v) is 6.89. The average molecular weight is 443 g/mol. The van der Waals surface area contributed by atoms with E-state index in [9.17, 15) is 9.59 Å². The molecule has 3 rings (SSSR count). The van der Waals surface area contributed by atoms with Crippen LogP contribution in [0.5, 0.6) is 5.75 Å². The van der Waals surface area contributed by atoms with Crippen molar-refractivity contribution < 1.29 is 18.7 Å². The predicted molar refractivity (Wildman–Crippen MR) is 111 cm³/mol. The van der Waals surface area contributed by atoms with Crippen molar-refractivity contribution in [2.75, 3.05) is 17.2 Å². The van der Waals surface area contributed by atoms with Gasteiger partial charge in [-0.1, -0.05) is 28.1 Å². The van der Waals surface area contributed by atoms with E-state index in [2.05, 4.69) is 26.6 Å². The fourth-order valence-electron chi connectivity index (χ4n) is 2.48. The number of nitrogens with one attached hydrogen (secondary N) is 2. The standard InChI is InChI=1S/C21H19BrN2O4/c22-15-5-1-8-18(13-15)27-11-4-10-20(25)23-16-6-2-7-17(14-16)24-21(26)19-9-3-12-28-19/h1-3,5-9,12-14H,4,10-11H2,(H,23,25)(H,24,26). The maximum Gasteiger partial charge on any atom is 0.291 e. The number of hydrogen-bond donors (Lipinski definition) is 2. The lowest BCUT2D eigenvalue weighted by Crippen LogP contribution is -2.14. The molecule has 0 aliphatic rings. The molecule has 0 spiro atoms. The molecular weight excluding hydrogens is 424 g/mol. The number of anilines is 2. The quantitative estimate of drug-likeness (QED) is 0.475. The summed E-state index contributed by atoms with van der Waals surface area (Å²) < 4.78 is 11.6. The number of rotatable bonds is 8. The molecular formula is C21H19BrN2O4. The predicted octanol–water partition coefficient (Wildman–Crippen LogP) is 5.09. The summed E-state index contributed by atoms with van der Waals surface area (Å²) in [7, 11) is 0. The molecule has 0 saturated carbocycles. The number of hydrogen-bond acceptors (Lipinski definition) is 4. The molecule has 144 valence electrons. The second-order valence-electron chi connectivity index (χ2n) is 5.97. The molecule has 1 aromatic heterocycles. The van der Waals surface area contributed by atoms with Crippen LogP contribution >= 0.6 is 15.9 Å². The van der Waals surface area contributed by atoms with Gasteiger partial charge in [0.2, 0.25) is 5.91 Å². The molecule has 1 heterocycles. The van der Waals surface area contributed by atoms with Crippen LogP contribution in [0.15, 0.2) is 75.8 Å². The van der Waals surface area contributed by atoms with Crippen LogP contribution in [-0.2, 0) is 4.79 Å². The number of benzene rings is 2. The van der Waals surface area contributed by atoms with Crippen molar-refractivity contribution in [2.24, 2.45) is 0 Å². The van der Waals surface area contributed by atoms with Crippen molar-refractivity contribution in [3.63, 3.8) is 0 Å². The molecule has 2 aromatic carbocycles. The minimum atomic E-state index is -0.349. The Kier molecular flexibility index (Phi) is 6.86. The average Bonchev–Trinajstić information content (AvgIpc) is 3.21. The van der Waals surface area contributed by atoms with Gasteiger partial charge < -0.3 is 19.8 Å². The van der Waals surface area contributed by atoms with Crippen molar-refractivity contribution in [2.45, 2.75) is 12.8 Å². The minimum absolute atomic E-state index is 0.118. The van der Waals surface area contributed by atoms with Gasteiger partial charge >= 0.3 is 0 Å². The van der Waals surface area contributed by atoms with Gasteiger partial charge in [0.25, 0.3) is 5.91 Å².